The summed E-state index contributed by atoms with van der Waals surface area (Å²) in [6.45, 7) is 15.4. The van der Waals surface area contributed by atoms with Crippen LogP contribution in [0.3, 0.4) is 0 Å². The molecule has 2 heterocycles. The van der Waals surface area contributed by atoms with Gasteiger partial charge in [-0.25, -0.2) is 0 Å². The zero-order chi connectivity index (χ0) is 16.5. The number of nitrogens with one attached hydrogen (secondary N) is 1. The van der Waals surface area contributed by atoms with E-state index in [4.69, 9.17) is 6.42 Å². The van der Waals surface area contributed by atoms with Gasteiger partial charge in [-0.2, -0.15) is 0 Å². The Hall–Kier alpha value is -1.14. The van der Waals surface area contributed by atoms with Crippen LogP contribution in [0.2, 0.25) is 0 Å². The highest BCUT2D eigenvalue weighted by Gasteiger charge is 2.20. The molecule has 2 rings (SSSR count). The number of hydrogen-bond donors (Lipinski definition) is 1. The Morgan fingerprint density at radius 3 is 2.36 bits per heavy atom. The summed E-state index contributed by atoms with van der Waals surface area (Å²) in [7, 11) is 1.92. The van der Waals surface area contributed by atoms with Gasteiger partial charge in [0.1, 0.15) is 0 Å². The Bertz CT molecular complexity index is 363. The van der Waals surface area contributed by atoms with Crippen LogP contribution in [0.25, 0.3) is 0 Å². The lowest BCUT2D eigenvalue weighted by molar-refractivity contribution is 0.261. The number of terminal acetylenes is 1. The van der Waals surface area contributed by atoms with E-state index in [9.17, 15) is 0 Å². The molecule has 0 aromatic heterocycles. The molecule has 0 radical (unpaired) electrons. The maximum Gasteiger partial charge on any atom is 0.0936 e. The molecule has 2 fully saturated rings. The second-order valence-electron chi connectivity index (χ2n) is 7.09. The van der Waals surface area contributed by atoms with Crippen molar-refractivity contribution in [1.29, 1.82) is 0 Å². The average molecular weight is 306 g/mol. The number of rotatable bonds is 5. The third kappa shape index (κ3) is 6.32. The van der Waals surface area contributed by atoms with Gasteiger partial charge >= 0.3 is 0 Å². The van der Waals surface area contributed by atoms with Crippen molar-refractivity contribution in [3.8, 4) is 12.3 Å². The van der Waals surface area contributed by atoms with Crippen molar-refractivity contribution >= 4 is 0 Å². The molecule has 22 heavy (non-hydrogen) atoms. The summed E-state index contributed by atoms with van der Waals surface area (Å²) in [6.07, 6.45) is 10.6. The van der Waals surface area contributed by atoms with Crippen LogP contribution in [-0.4, -0.2) is 49.1 Å². The molecule has 126 valence electrons. The molecular weight excluding hydrogens is 270 g/mol. The highest BCUT2D eigenvalue weighted by molar-refractivity contribution is 5.01. The van der Waals surface area contributed by atoms with Crippen LogP contribution in [0.4, 0.5) is 0 Å². The van der Waals surface area contributed by atoms with Crippen LogP contribution in [0, 0.1) is 24.2 Å². The van der Waals surface area contributed by atoms with Crippen LogP contribution in [0.15, 0.2) is 12.4 Å². The standard InChI is InChI=1S/C11H19N.C8H16N2/c1-4-11(9-10(2)3)12-7-5-6-8-12;1-7-4-5-10(6-7)8(2)9-3/h1,10-11H,5-9H2,2-3H3;7,9H,2,4-6H2,1,3H3. The quantitative estimate of drug-likeness (QED) is 0.787. The van der Waals surface area contributed by atoms with Crippen molar-refractivity contribution in [3.05, 3.63) is 12.4 Å². The Labute approximate surface area is 138 Å². The minimum atomic E-state index is 0.396. The fourth-order valence-electron chi connectivity index (χ4n) is 3.16. The lowest BCUT2D eigenvalue weighted by Gasteiger charge is -2.23. The molecule has 0 amide bonds. The number of likely N-dealkylation sites (tertiary alicyclic amines) is 2. The van der Waals surface area contributed by atoms with Gasteiger partial charge in [-0.3, -0.25) is 4.90 Å². The first-order chi connectivity index (χ1) is 10.5. The Morgan fingerprint density at radius 2 is 1.95 bits per heavy atom. The molecule has 2 aliphatic heterocycles. The van der Waals surface area contributed by atoms with E-state index in [1.165, 1.54) is 45.4 Å². The number of hydrogen-bond acceptors (Lipinski definition) is 3. The SMILES string of the molecule is C#CC(CC(C)C)N1CCCC1.C=C(NC)N1CCC(C)C1. The van der Waals surface area contributed by atoms with Gasteiger partial charge in [-0.05, 0) is 50.6 Å². The van der Waals surface area contributed by atoms with Crippen LogP contribution in [0.5, 0.6) is 0 Å². The first-order valence-corrected chi connectivity index (χ1v) is 8.79. The molecule has 0 aromatic carbocycles. The average Bonchev–Trinajstić information content (AvgIpc) is 3.15. The second-order valence-corrected chi connectivity index (χ2v) is 7.09. The predicted molar refractivity (Wildman–Crippen MR) is 96.4 cm³/mol. The fraction of sp³-hybridized carbons (Fsp3) is 0.789. The zero-order valence-corrected chi connectivity index (χ0v) is 15.1. The van der Waals surface area contributed by atoms with Gasteiger partial charge in [0.25, 0.3) is 0 Å². The molecule has 0 aromatic rings. The van der Waals surface area contributed by atoms with E-state index in [1.807, 2.05) is 7.05 Å². The lowest BCUT2D eigenvalue weighted by Crippen LogP contribution is -2.32. The third-order valence-corrected chi connectivity index (χ3v) is 4.56. The Morgan fingerprint density at radius 1 is 1.32 bits per heavy atom. The summed E-state index contributed by atoms with van der Waals surface area (Å²) in [6, 6.07) is 0.396. The molecule has 3 heteroatoms. The molecule has 0 aliphatic carbocycles. The zero-order valence-electron chi connectivity index (χ0n) is 15.1. The fourth-order valence-corrected chi connectivity index (χ4v) is 3.16. The van der Waals surface area contributed by atoms with E-state index in [0.717, 1.165) is 18.2 Å². The van der Waals surface area contributed by atoms with Gasteiger partial charge in [0, 0.05) is 20.1 Å². The predicted octanol–water partition coefficient (Wildman–Crippen LogP) is 3.15. The molecule has 2 aliphatic rings. The van der Waals surface area contributed by atoms with Crippen LogP contribution in [-0.2, 0) is 0 Å². The van der Waals surface area contributed by atoms with Gasteiger partial charge in [-0.15, -0.1) is 6.42 Å². The molecule has 2 atom stereocenters. The Balaban J connectivity index is 0.000000224. The number of nitrogens with zero attached hydrogens (tertiary/aromatic N) is 2. The van der Waals surface area contributed by atoms with Crippen molar-refractivity contribution in [3.63, 3.8) is 0 Å². The normalized spacial score (nSPS) is 22.9. The summed E-state index contributed by atoms with van der Waals surface area (Å²) < 4.78 is 0. The highest BCUT2D eigenvalue weighted by atomic mass is 15.2. The molecular formula is C19H35N3. The maximum atomic E-state index is 5.51. The minimum absolute atomic E-state index is 0.396. The van der Waals surface area contributed by atoms with Crippen LogP contribution in [0.1, 0.15) is 46.5 Å². The molecule has 0 spiro atoms. The molecule has 0 saturated carbocycles. The van der Waals surface area contributed by atoms with E-state index in [0.29, 0.717) is 12.0 Å². The third-order valence-electron chi connectivity index (χ3n) is 4.56. The first-order valence-electron chi connectivity index (χ1n) is 8.79. The summed E-state index contributed by atoms with van der Waals surface area (Å²) in [4.78, 5) is 4.74. The summed E-state index contributed by atoms with van der Waals surface area (Å²) in [5.41, 5.74) is 0. The molecule has 2 saturated heterocycles. The maximum absolute atomic E-state index is 5.51. The van der Waals surface area contributed by atoms with E-state index in [2.05, 4.69) is 48.4 Å². The minimum Gasteiger partial charge on any atom is -0.375 e. The molecule has 2 unspecified atom stereocenters. The molecule has 1 N–H and O–H groups in total. The van der Waals surface area contributed by atoms with E-state index < -0.39 is 0 Å². The van der Waals surface area contributed by atoms with Crippen LogP contribution >= 0.6 is 0 Å². The lowest BCUT2D eigenvalue weighted by atomic mass is 10.0. The molecule has 3 nitrogen and oxygen atoms in total. The smallest absolute Gasteiger partial charge is 0.0936 e. The van der Waals surface area contributed by atoms with Crippen molar-refractivity contribution in [2.75, 3.05) is 33.2 Å². The van der Waals surface area contributed by atoms with Gasteiger partial charge in [0.05, 0.1) is 11.9 Å². The Kier molecular flexibility index (Phi) is 8.42. The van der Waals surface area contributed by atoms with Crippen molar-refractivity contribution in [2.45, 2.75) is 52.5 Å². The second kappa shape index (κ2) is 9.79. The van der Waals surface area contributed by atoms with Gasteiger partial charge in [0.2, 0.25) is 0 Å². The monoisotopic (exact) mass is 305 g/mol. The van der Waals surface area contributed by atoms with Gasteiger partial charge in [-0.1, -0.05) is 33.3 Å². The van der Waals surface area contributed by atoms with Crippen molar-refractivity contribution in [1.82, 2.24) is 15.1 Å². The largest absolute Gasteiger partial charge is 0.375 e. The van der Waals surface area contributed by atoms with Crippen molar-refractivity contribution in [2.24, 2.45) is 11.8 Å². The van der Waals surface area contributed by atoms with E-state index in [1.54, 1.807) is 0 Å². The van der Waals surface area contributed by atoms with Gasteiger partial charge < -0.3 is 10.2 Å². The summed E-state index contributed by atoms with van der Waals surface area (Å²) >= 11 is 0. The van der Waals surface area contributed by atoms with E-state index >= 15 is 0 Å². The first kappa shape index (κ1) is 18.9. The van der Waals surface area contributed by atoms with Gasteiger partial charge in [0.15, 0.2) is 0 Å². The van der Waals surface area contributed by atoms with E-state index in [-0.39, 0.29) is 0 Å². The van der Waals surface area contributed by atoms with Crippen molar-refractivity contribution < 1.29 is 0 Å². The highest BCUT2D eigenvalue weighted by Crippen LogP contribution is 2.17. The summed E-state index contributed by atoms with van der Waals surface area (Å²) in [5, 5.41) is 3.06. The summed E-state index contributed by atoms with van der Waals surface area (Å²) in [5.74, 6) is 5.51. The van der Waals surface area contributed by atoms with Crippen LogP contribution < -0.4 is 5.32 Å². The topological polar surface area (TPSA) is 18.5 Å². The molecule has 0 bridgehead atoms.